The Labute approximate surface area is 156 Å². The summed E-state index contributed by atoms with van der Waals surface area (Å²) >= 11 is 0. The molecular formula is C19H24FN5O2. The quantitative estimate of drug-likeness (QED) is 0.893. The molecule has 4 rings (SSSR count). The molecule has 8 heteroatoms. The number of aryl methyl sites for hydroxylation is 1. The lowest BCUT2D eigenvalue weighted by molar-refractivity contribution is 0.179. The van der Waals surface area contributed by atoms with Crippen LogP contribution in [0.2, 0.25) is 0 Å². The Morgan fingerprint density at radius 2 is 1.85 bits per heavy atom. The summed E-state index contributed by atoms with van der Waals surface area (Å²) in [5.74, 6) is 0.795. The molecule has 1 N–H and O–H groups in total. The van der Waals surface area contributed by atoms with Crippen LogP contribution in [0.3, 0.4) is 0 Å². The van der Waals surface area contributed by atoms with Gasteiger partial charge in [-0.2, -0.15) is 5.10 Å². The molecule has 2 aromatic rings. The molecule has 0 radical (unpaired) electrons. The standard InChI is InChI=1S/C19H24FN5O2/c1-23-19(27)25(16-6-7-16)17(22-23)14-8-10-24(11-9-14)18(26)21-12-13-2-4-15(20)5-3-13/h2-5,14,16H,6-12H2,1H3,(H,21,26). The third-order valence-electron chi connectivity index (χ3n) is 5.40. The Morgan fingerprint density at radius 1 is 1.19 bits per heavy atom. The van der Waals surface area contributed by atoms with Gasteiger partial charge in [-0.1, -0.05) is 12.1 Å². The molecule has 2 fully saturated rings. The fourth-order valence-electron chi connectivity index (χ4n) is 3.69. The molecule has 1 aromatic carbocycles. The van der Waals surface area contributed by atoms with Crippen LogP contribution in [-0.4, -0.2) is 38.4 Å². The van der Waals surface area contributed by atoms with E-state index in [2.05, 4.69) is 10.4 Å². The lowest BCUT2D eigenvalue weighted by Crippen LogP contribution is -2.44. The van der Waals surface area contributed by atoms with Crippen molar-refractivity contribution in [2.45, 2.75) is 44.2 Å². The van der Waals surface area contributed by atoms with Crippen molar-refractivity contribution >= 4 is 6.03 Å². The van der Waals surface area contributed by atoms with E-state index in [1.807, 2.05) is 4.57 Å². The van der Waals surface area contributed by atoms with Crippen molar-refractivity contribution in [1.29, 1.82) is 0 Å². The van der Waals surface area contributed by atoms with Crippen molar-refractivity contribution < 1.29 is 9.18 Å². The molecule has 1 saturated carbocycles. The molecular weight excluding hydrogens is 349 g/mol. The molecule has 1 aliphatic heterocycles. The SMILES string of the molecule is Cn1nc(C2CCN(C(=O)NCc3ccc(F)cc3)CC2)n(C2CC2)c1=O. The molecule has 7 nitrogen and oxygen atoms in total. The molecule has 144 valence electrons. The predicted molar refractivity (Wildman–Crippen MR) is 97.9 cm³/mol. The van der Waals surface area contributed by atoms with Gasteiger partial charge < -0.3 is 10.2 Å². The predicted octanol–water partition coefficient (Wildman–Crippen LogP) is 2.14. The summed E-state index contributed by atoms with van der Waals surface area (Å²) in [5.41, 5.74) is 0.827. The number of benzene rings is 1. The van der Waals surface area contributed by atoms with Gasteiger partial charge in [-0.3, -0.25) is 4.57 Å². The summed E-state index contributed by atoms with van der Waals surface area (Å²) in [4.78, 5) is 26.5. The van der Waals surface area contributed by atoms with Crippen molar-refractivity contribution in [3.8, 4) is 0 Å². The number of likely N-dealkylation sites (tertiary alicyclic amines) is 1. The number of urea groups is 1. The normalized spacial score (nSPS) is 17.9. The molecule has 2 heterocycles. The highest BCUT2D eigenvalue weighted by Crippen LogP contribution is 2.37. The second kappa shape index (κ2) is 7.17. The Balaban J connectivity index is 1.33. The summed E-state index contributed by atoms with van der Waals surface area (Å²) in [7, 11) is 1.70. The zero-order valence-electron chi connectivity index (χ0n) is 15.4. The average molecular weight is 373 g/mol. The van der Waals surface area contributed by atoms with Gasteiger partial charge in [0.1, 0.15) is 11.6 Å². The van der Waals surface area contributed by atoms with Crippen LogP contribution in [0.5, 0.6) is 0 Å². The van der Waals surface area contributed by atoms with Gasteiger partial charge in [-0.05, 0) is 43.4 Å². The Hall–Kier alpha value is -2.64. The number of piperidine rings is 1. The van der Waals surface area contributed by atoms with Crippen LogP contribution >= 0.6 is 0 Å². The number of carbonyl (C=O) groups is 1. The monoisotopic (exact) mass is 373 g/mol. The van der Waals surface area contributed by atoms with E-state index in [-0.39, 0.29) is 23.5 Å². The van der Waals surface area contributed by atoms with E-state index in [0.29, 0.717) is 25.7 Å². The number of carbonyl (C=O) groups excluding carboxylic acids is 1. The van der Waals surface area contributed by atoms with E-state index in [4.69, 9.17) is 0 Å². The van der Waals surface area contributed by atoms with Crippen LogP contribution in [0, 0.1) is 5.82 Å². The molecule has 0 bridgehead atoms. The van der Waals surface area contributed by atoms with E-state index in [9.17, 15) is 14.0 Å². The number of nitrogens with zero attached hydrogens (tertiary/aromatic N) is 4. The smallest absolute Gasteiger partial charge is 0.334 e. The first-order valence-corrected chi connectivity index (χ1v) is 9.45. The minimum absolute atomic E-state index is 0.0352. The van der Waals surface area contributed by atoms with Crippen molar-refractivity contribution in [3.05, 3.63) is 52.0 Å². The van der Waals surface area contributed by atoms with Crippen LogP contribution < -0.4 is 11.0 Å². The first-order chi connectivity index (χ1) is 13.0. The average Bonchev–Trinajstić information content (AvgIpc) is 3.47. The maximum absolute atomic E-state index is 12.9. The number of hydrogen-bond donors (Lipinski definition) is 1. The zero-order valence-corrected chi connectivity index (χ0v) is 15.4. The van der Waals surface area contributed by atoms with E-state index in [0.717, 1.165) is 37.1 Å². The molecule has 1 saturated heterocycles. The van der Waals surface area contributed by atoms with E-state index < -0.39 is 0 Å². The molecule has 27 heavy (non-hydrogen) atoms. The molecule has 2 amide bonds. The minimum Gasteiger partial charge on any atom is -0.334 e. The molecule has 0 spiro atoms. The van der Waals surface area contributed by atoms with Gasteiger partial charge in [0.2, 0.25) is 0 Å². The summed E-state index contributed by atoms with van der Waals surface area (Å²) < 4.78 is 16.2. The first kappa shape index (κ1) is 17.8. The van der Waals surface area contributed by atoms with Gasteiger partial charge in [0.05, 0.1) is 0 Å². The zero-order chi connectivity index (χ0) is 19.0. The summed E-state index contributed by atoms with van der Waals surface area (Å²) in [5, 5.41) is 7.35. The van der Waals surface area contributed by atoms with Gasteiger partial charge in [-0.25, -0.2) is 18.7 Å². The van der Waals surface area contributed by atoms with E-state index >= 15 is 0 Å². The van der Waals surface area contributed by atoms with Crippen LogP contribution in [-0.2, 0) is 13.6 Å². The van der Waals surface area contributed by atoms with E-state index in [1.165, 1.54) is 16.8 Å². The van der Waals surface area contributed by atoms with Crippen molar-refractivity contribution in [2.24, 2.45) is 7.05 Å². The lowest BCUT2D eigenvalue weighted by Gasteiger charge is -2.31. The molecule has 0 atom stereocenters. The van der Waals surface area contributed by atoms with Crippen LogP contribution in [0.1, 0.15) is 49.0 Å². The van der Waals surface area contributed by atoms with Gasteiger partial charge in [0.15, 0.2) is 0 Å². The Kier molecular flexibility index (Phi) is 4.72. The van der Waals surface area contributed by atoms with Crippen LogP contribution in [0.4, 0.5) is 9.18 Å². The van der Waals surface area contributed by atoms with Crippen molar-refractivity contribution in [3.63, 3.8) is 0 Å². The second-order valence-electron chi connectivity index (χ2n) is 7.41. The lowest BCUT2D eigenvalue weighted by atomic mass is 9.96. The highest BCUT2D eigenvalue weighted by Gasteiger charge is 2.34. The fraction of sp³-hybridized carbons (Fsp3) is 0.526. The number of rotatable bonds is 4. The maximum Gasteiger partial charge on any atom is 0.345 e. The minimum atomic E-state index is -0.286. The van der Waals surface area contributed by atoms with Gasteiger partial charge in [-0.15, -0.1) is 0 Å². The first-order valence-electron chi connectivity index (χ1n) is 9.45. The largest absolute Gasteiger partial charge is 0.345 e. The van der Waals surface area contributed by atoms with Crippen molar-refractivity contribution in [2.75, 3.05) is 13.1 Å². The maximum atomic E-state index is 12.9. The number of aromatic nitrogens is 3. The van der Waals surface area contributed by atoms with E-state index in [1.54, 1.807) is 24.1 Å². The molecule has 0 unspecified atom stereocenters. The highest BCUT2D eigenvalue weighted by atomic mass is 19.1. The fourth-order valence-corrected chi connectivity index (χ4v) is 3.69. The third kappa shape index (κ3) is 3.74. The molecule has 1 aromatic heterocycles. The van der Waals surface area contributed by atoms with Crippen LogP contribution in [0.25, 0.3) is 0 Å². The van der Waals surface area contributed by atoms with Gasteiger partial charge in [0.25, 0.3) is 0 Å². The highest BCUT2D eigenvalue weighted by molar-refractivity contribution is 5.74. The van der Waals surface area contributed by atoms with Crippen molar-refractivity contribution in [1.82, 2.24) is 24.6 Å². The number of amides is 2. The number of hydrogen-bond acceptors (Lipinski definition) is 3. The topological polar surface area (TPSA) is 72.2 Å². The Morgan fingerprint density at radius 3 is 2.48 bits per heavy atom. The Bertz CT molecular complexity index is 876. The summed E-state index contributed by atoms with van der Waals surface area (Å²) in [6.45, 7) is 1.64. The van der Waals surface area contributed by atoms with Gasteiger partial charge in [0, 0.05) is 38.6 Å². The van der Waals surface area contributed by atoms with Crippen LogP contribution in [0.15, 0.2) is 29.1 Å². The second-order valence-corrected chi connectivity index (χ2v) is 7.41. The summed E-state index contributed by atoms with van der Waals surface area (Å²) in [6, 6.07) is 6.30. The third-order valence-corrected chi connectivity index (χ3v) is 5.40. The number of halogens is 1. The van der Waals surface area contributed by atoms with Gasteiger partial charge >= 0.3 is 11.7 Å². The number of nitrogens with one attached hydrogen (secondary N) is 1. The molecule has 2 aliphatic rings. The summed E-state index contributed by atoms with van der Waals surface area (Å²) in [6.07, 6.45) is 3.69. The molecule has 1 aliphatic carbocycles.